The molecule has 18 heavy (non-hydrogen) atoms. The van der Waals surface area contributed by atoms with E-state index in [1.54, 1.807) is 0 Å². The van der Waals surface area contributed by atoms with Crippen LogP contribution in [-0.2, 0) is 0 Å². The first kappa shape index (κ1) is 17.0. The van der Waals surface area contributed by atoms with E-state index in [9.17, 15) is 0 Å². The molecule has 0 spiro atoms. The molecule has 0 fully saturated rings. The van der Waals surface area contributed by atoms with Gasteiger partial charge in [-0.05, 0) is 38.5 Å². The van der Waals surface area contributed by atoms with E-state index >= 15 is 0 Å². The van der Waals surface area contributed by atoms with Crippen LogP contribution in [0, 0.1) is 0 Å². The Bertz CT molecular complexity index is 253. The van der Waals surface area contributed by atoms with Crippen molar-refractivity contribution < 1.29 is 0 Å². The summed E-state index contributed by atoms with van der Waals surface area (Å²) in [6, 6.07) is 0. The molecule has 0 amide bonds. The van der Waals surface area contributed by atoms with Crippen LogP contribution in [0.4, 0.5) is 0 Å². The fourth-order valence-electron chi connectivity index (χ4n) is 1.61. The smallest absolute Gasteiger partial charge is 0.0169 e. The lowest BCUT2D eigenvalue weighted by molar-refractivity contribution is 0.728. The lowest BCUT2D eigenvalue weighted by Gasteiger charge is -1.90. The Labute approximate surface area is 114 Å². The molecule has 0 bridgehead atoms. The summed E-state index contributed by atoms with van der Waals surface area (Å²) in [4.78, 5) is 0. The molecular weight excluding hydrogens is 216 g/mol. The second kappa shape index (κ2) is 16.0. The molecule has 0 heteroatoms. The van der Waals surface area contributed by atoms with Gasteiger partial charge in [-0.25, -0.2) is 0 Å². The largest absolute Gasteiger partial charge is 0.0885 e. The van der Waals surface area contributed by atoms with Gasteiger partial charge >= 0.3 is 0 Å². The Balaban J connectivity index is 3.34. The molecule has 0 aromatic heterocycles. The quantitative estimate of drug-likeness (QED) is 0.293. The number of rotatable bonds is 11. The molecule has 0 aliphatic rings. The van der Waals surface area contributed by atoms with Crippen molar-refractivity contribution in [3.8, 4) is 0 Å². The number of hydrogen-bond donors (Lipinski definition) is 0. The highest BCUT2D eigenvalue weighted by Crippen LogP contribution is 2.00. The Morgan fingerprint density at radius 3 is 1.56 bits per heavy atom. The summed E-state index contributed by atoms with van der Waals surface area (Å²) in [5, 5.41) is 0. The molecule has 0 saturated heterocycles. The van der Waals surface area contributed by atoms with Gasteiger partial charge < -0.3 is 0 Å². The molecule has 0 saturated carbocycles. The van der Waals surface area contributed by atoms with Gasteiger partial charge in [0.1, 0.15) is 0 Å². The van der Waals surface area contributed by atoms with Gasteiger partial charge in [0.05, 0.1) is 0 Å². The first-order valence-electron chi connectivity index (χ1n) is 7.51. The zero-order valence-corrected chi connectivity index (χ0v) is 12.3. The van der Waals surface area contributed by atoms with Crippen LogP contribution in [0.1, 0.15) is 65.2 Å². The summed E-state index contributed by atoms with van der Waals surface area (Å²) in [5.41, 5.74) is 0. The molecule has 0 heterocycles. The summed E-state index contributed by atoms with van der Waals surface area (Å²) < 4.78 is 0. The number of unbranched alkanes of at least 4 members (excludes halogenated alkanes) is 3. The second-order valence-corrected chi connectivity index (χ2v) is 4.50. The lowest BCUT2D eigenvalue weighted by Crippen LogP contribution is -1.70. The van der Waals surface area contributed by atoms with Gasteiger partial charge in [0, 0.05) is 0 Å². The van der Waals surface area contributed by atoms with E-state index in [1.807, 2.05) is 0 Å². The fourth-order valence-corrected chi connectivity index (χ4v) is 1.61. The molecule has 102 valence electrons. The average Bonchev–Trinajstić information content (AvgIpc) is 2.39. The minimum atomic E-state index is 1.06. The SMILES string of the molecule is CCC=CCC=CCC=CC/C=C\CCCCC. The maximum atomic E-state index is 2.31. The van der Waals surface area contributed by atoms with Crippen molar-refractivity contribution >= 4 is 0 Å². The van der Waals surface area contributed by atoms with Crippen LogP contribution < -0.4 is 0 Å². The molecule has 0 atom stereocenters. The monoisotopic (exact) mass is 246 g/mol. The van der Waals surface area contributed by atoms with E-state index in [0.29, 0.717) is 0 Å². The third kappa shape index (κ3) is 15.0. The van der Waals surface area contributed by atoms with E-state index in [0.717, 1.165) is 25.7 Å². The van der Waals surface area contributed by atoms with Crippen LogP contribution in [0.2, 0.25) is 0 Å². The standard InChI is InChI=1S/C18H30/c1-3-5-7-9-11-13-15-17-18-16-14-12-10-8-6-4-2/h5,7,11-14,17-18H,3-4,6,8-10,15-16H2,1-2H3/b7-5?,13-11?,14-12-,18-17?. The average molecular weight is 246 g/mol. The van der Waals surface area contributed by atoms with E-state index in [1.165, 1.54) is 25.7 Å². The van der Waals surface area contributed by atoms with E-state index in [4.69, 9.17) is 0 Å². The zero-order chi connectivity index (χ0) is 13.3. The second-order valence-electron chi connectivity index (χ2n) is 4.50. The van der Waals surface area contributed by atoms with Crippen LogP contribution in [0.5, 0.6) is 0 Å². The van der Waals surface area contributed by atoms with Crippen LogP contribution in [0.25, 0.3) is 0 Å². The Morgan fingerprint density at radius 2 is 1.06 bits per heavy atom. The zero-order valence-electron chi connectivity index (χ0n) is 12.3. The van der Waals surface area contributed by atoms with Crippen molar-refractivity contribution in [3.63, 3.8) is 0 Å². The van der Waals surface area contributed by atoms with E-state index in [2.05, 4.69) is 62.5 Å². The predicted molar refractivity (Wildman–Crippen MR) is 84.8 cm³/mol. The molecule has 0 aromatic carbocycles. The maximum absolute atomic E-state index is 2.31. The van der Waals surface area contributed by atoms with Crippen molar-refractivity contribution in [1.29, 1.82) is 0 Å². The van der Waals surface area contributed by atoms with Gasteiger partial charge in [-0.1, -0.05) is 75.3 Å². The molecule has 0 N–H and O–H groups in total. The van der Waals surface area contributed by atoms with Crippen molar-refractivity contribution in [3.05, 3.63) is 48.6 Å². The minimum Gasteiger partial charge on any atom is -0.0885 e. The number of allylic oxidation sites excluding steroid dienone is 8. The first-order valence-corrected chi connectivity index (χ1v) is 7.51. The molecule has 0 nitrogen and oxygen atoms in total. The first-order chi connectivity index (χ1) is 8.91. The molecule has 0 rings (SSSR count). The Hall–Kier alpha value is -1.04. The summed E-state index contributed by atoms with van der Waals surface area (Å²) in [6.45, 7) is 4.41. The molecule has 0 aliphatic heterocycles. The molecule has 0 aliphatic carbocycles. The highest BCUT2D eigenvalue weighted by molar-refractivity contribution is 4.99. The summed E-state index contributed by atoms with van der Waals surface area (Å²) in [7, 11) is 0. The van der Waals surface area contributed by atoms with E-state index in [-0.39, 0.29) is 0 Å². The van der Waals surface area contributed by atoms with Crippen LogP contribution in [0.15, 0.2) is 48.6 Å². The minimum absolute atomic E-state index is 1.06. The fraction of sp³-hybridized carbons (Fsp3) is 0.556. The molecule has 0 radical (unpaired) electrons. The maximum Gasteiger partial charge on any atom is -0.0169 e. The van der Waals surface area contributed by atoms with Gasteiger partial charge in [0.2, 0.25) is 0 Å². The van der Waals surface area contributed by atoms with Gasteiger partial charge in [-0.2, -0.15) is 0 Å². The molecular formula is C18H30. The highest BCUT2D eigenvalue weighted by Gasteiger charge is 1.80. The van der Waals surface area contributed by atoms with E-state index < -0.39 is 0 Å². The van der Waals surface area contributed by atoms with Crippen LogP contribution in [0.3, 0.4) is 0 Å². The van der Waals surface area contributed by atoms with Gasteiger partial charge in [-0.3, -0.25) is 0 Å². The Morgan fingerprint density at radius 1 is 0.556 bits per heavy atom. The van der Waals surface area contributed by atoms with Crippen molar-refractivity contribution in [2.75, 3.05) is 0 Å². The van der Waals surface area contributed by atoms with Gasteiger partial charge in [0.15, 0.2) is 0 Å². The topological polar surface area (TPSA) is 0 Å². The van der Waals surface area contributed by atoms with Crippen LogP contribution in [-0.4, -0.2) is 0 Å². The van der Waals surface area contributed by atoms with Crippen molar-refractivity contribution in [2.45, 2.75) is 65.2 Å². The van der Waals surface area contributed by atoms with Crippen molar-refractivity contribution in [1.82, 2.24) is 0 Å². The molecule has 0 aromatic rings. The Kier molecular flexibility index (Phi) is 15.0. The molecule has 0 unspecified atom stereocenters. The summed E-state index contributed by atoms with van der Waals surface area (Å²) in [6.07, 6.45) is 27.6. The third-order valence-electron chi connectivity index (χ3n) is 2.69. The predicted octanol–water partition coefficient (Wildman–Crippen LogP) is 6.37. The third-order valence-corrected chi connectivity index (χ3v) is 2.69. The van der Waals surface area contributed by atoms with Crippen LogP contribution >= 0.6 is 0 Å². The van der Waals surface area contributed by atoms with Gasteiger partial charge in [-0.15, -0.1) is 0 Å². The van der Waals surface area contributed by atoms with Gasteiger partial charge in [0.25, 0.3) is 0 Å². The normalized spacial score (nSPS) is 12.8. The number of hydrogen-bond acceptors (Lipinski definition) is 0. The summed E-state index contributed by atoms with van der Waals surface area (Å²) >= 11 is 0. The van der Waals surface area contributed by atoms with Crippen molar-refractivity contribution in [2.24, 2.45) is 0 Å². The lowest BCUT2D eigenvalue weighted by atomic mass is 10.2. The highest BCUT2D eigenvalue weighted by atomic mass is 13.9. The summed E-state index contributed by atoms with van der Waals surface area (Å²) in [5.74, 6) is 0.